The van der Waals surface area contributed by atoms with Gasteiger partial charge in [-0.05, 0) is 54.3 Å². The molecule has 0 aliphatic carbocycles. The van der Waals surface area contributed by atoms with Gasteiger partial charge in [0.15, 0.2) is 11.5 Å². The van der Waals surface area contributed by atoms with E-state index in [0.717, 1.165) is 54.9 Å². The maximum Gasteiger partial charge on any atom is 0.513 e. The first kappa shape index (κ1) is 27.8. The standard InChI is InChI=1S/C27H36N6O6/c1-2-36-27(35)39-25-13-20-7-10-33(18-31-29)15-21(20)14-24(25)38-26(16-34)19-3-5-22(6-4-19)37-23-8-11-32(12-9-23)17-30-28/h3-6,13-14,17-18,23,26,34H,2,7-12,15-16,28-29H2,1H3. The van der Waals surface area contributed by atoms with Gasteiger partial charge in [0.1, 0.15) is 30.6 Å². The summed E-state index contributed by atoms with van der Waals surface area (Å²) in [5, 5.41) is 17.4. The number of likely N-dealkylation sites (tertiary alicyclic amines) is 1. The van der Waals surface area contributed by atoms with Crippen LogP contribution < -0.4 is 25.9 Å². The lowest BCUT2D eigenvalue weighted by Crippen LogP contribution is -2.37. The first-order valence-electron chi connectivity index (χ1n) is 13.0. The van der Waals surface area contributed by atoms with Gasteiger partial charge in [-0.1, -0.05) is 12.1 Å². The molecule has 2 aromatic rings. The predicted molar refractivity (Wildman–Crippen MR) is 146 cm³/mol. The minimum atomic E-state index is -0.821. The number of nitrogens with two attached hydrogens (primary N) is 2. The van der Waals surface area contributed by atoms with Gasteiger partial charge in [-0.25, -0.2) is 4.79 Å². The molecule has 1 saturated heterocycles. The molecular formula is C27H36N6O6. The number of hydrogen-bond donors (Lipinski definition) is 3. The van der Waals surface area contributed by atoms with E-state index >= 15 is 0 Å². The molecule has 2 aliphatic heterocycles. The molecular weight excluding hydrogens is 504 g/mol. The Kier molecular flexibility index (Phi) is 9.68. The lowest BCUT2D eigenvalue weighted by molar-refractivity contribution is 0.0939. The molecule has 4 rings (SSSR count). The fourth-order valence-corrected chi connectivity index (χ4v) is 4.71. The zero-order chi connectivity index (χ0) is 27.6. The summed E-state index contributed by atoms with van der Waals surface area (Å²) < 4.78 is 22.8. The Bertz CT molecular complexity index is 1150. The molecule has 0 amide bonds. The number of carbonyl (C=O) groups excluding carboxylic acids is 1. The predicted octanol–water partition coefficient (Wildman–Crippen LogP) is 2.34. The van der Waals surface area contributed by atoms with E-state index in [-0.39, 0.29) is 25.1 Å². The number of carbonyl (C=O) groups is 1. The van der Waals surface area contributed by atoms with Crippen LogP contribution in [0, 0.1) is 0 Å². The number of aliphatic hydroxyl groups is 1. The summed E-state index contributed by atoms with van der Waals surface area (Å²) in [5.74, 6) is 11.9. The fraction of sp³-hybridized carbons (Fsp3) is 0.444. The fourth-order valence-electron chi connectivity index (χ4n) is 4.71. The molecule has 1 fully saturated rings. The van der Waals surface area contributed by atoms with Crippen molar-refractivity contribution in [2.24, 2.45) is 21.9 Å². The van der Waals surface area contributed by atoms with E-state index in [2.05, 4.69) is 15.1 Å². The van der Waals surface area contributed by atoms with Crippen molar-refractivity contribution in [3.05, 3.63) is 53.1 Å². The molecule has 0 spiro atoms. The molecule has 12 nitrogen and oxygen atoms in total. The number of nitrogens with zero attached hydrogens (tertiary/aromatic N) is 4. The Balaban J connectivity index is 1.48. The maximum atomic E-state index is 12.1. The van der Waals surface area contributed by atoms with Crippen molar-refractivity contribution in [2.45, 2.75) is 44.9 Å². The zero-order valence-electron chi connectivity index (χ0n) is 22.1. The Morgan fingerprint density at radius 3 is 2.41 bits per heavy atom. The summed E-state index contributed by atoms with van der Waals surface area (Å²) in [6, 6.07) is 11.0. The monoisotopic (exact) mass is 540 g/mol. The number of rotatable bonds is 10. The van der Waals surface area contributed by atoms with Crippen molar-refractivity contribution in [2.75, 3.05) is 32.8 Å². The highest BCUT2D eigenvalue weighted by Crippen LogP contribution is 2.37. The maximum absolute atomic E-state index is 12.1. The third kappa shape index (κ3) is 7.44. The van der Waals surface area contributed by atoms with Crippen molar-refractivity contribution < 1.29 is 28.8 Å². The van der Waals surface area contributed by atoms with Gasteiger partial charge in [0, 0.05) is 39.0 Å². The van der Waals surface area contributed by atoms with Gasteiger partial charge in [0.2, 0.25) is 0 Å². The number of benzene rings is 2. The van der Waals surface area contributed by atoms with Crippen LogP contribution >= 0.6 is 0 Å². The van der Waals surface area contributed by atoms with Crippen molar-refractivity contribution in [3.8, 4) is 17.2 Å². The van der Waals surface area contributed by atoms with Crippen molar-refractivity contribution >= 4 is 18.8 Å². The van der Waals surface area contributed by atoms with E-state index in [4.69, 9.17) is 30.6 Å². The number of piperidine rings is 1. The van der Waals surface area contributed by atoms with Gasteiger partial charge in [-0.3, -0.25) is 0 Å². The average Bonchev–Trinajstić information content (AvgIpc) is 2.94. The highest BCUT2D eigenvalue weighted by molar-refractivity contribution is 5.66. The summed E-state index contributed by atoms with van der Waals surface area (Å²) >= 11 is 0. The lowest BCUT2D eigenvalue weighted by Gasteiger charge is -2.30. The lowest BCUT2D eigenvalue weighted by atomic mass is 9.99. The van der Waals surface area contributed by atoms with E-state index in [1.165, 1.54) is 0 Å². The van der Waals surface area contributed by atoms with Gasteiger partial charge >= 0.3 is 6.16 Å². The summed E-state index contributed by atoms with van der Waals surface area (Å²) in [6.45, 7) is 4.55. The molecule has 0 aromatic heterocycles. The minimum Gasteiger partial charge on any atom is -0.490 e. The second-order valence-electron chi connectivity index (χ2n) is 9.31. The number of hydrazone groups is 2. The number of fused-ring (bicyclic) bond motifs is 1. The topological polar surface area (TPSA) is 157 Å². The zero-order valence-corrected chi connectivity index (χ0v) is 22.1. The molecule has 5 N–H and O–H groups in total. The van der Waals surface area contributed by atoms with Crippen LogP contribution in [0.2, 0.25) is 0 Å². The molecule has 0 saturated carbocycles. The highest BCUT2D eigenvalue weighted by Gasteiger charge is 2.24. The van der Waals surface area contributed by atoms with Crippen LogP contribution in [0.4, 0.5) is 4.79 Å². The van der Waals surface area contributed by atoms with E-state index in [1.54, 1.807) is 25.7 Å². The molecule has 0 radical (unpaired) electrons. The summed E-state index contributed by atoms with van der Waals surface area (Å²) in [5.41, 5.74) is 2.75. The van der Waals surface area contributed by atoms with Gasteiger partial charge in [-0.2, -0.15) is 10.2 Å². The first-order chi connectivity index (χ1) is 19.0. The summed E-state index contributed by atoms with van der Waals surface area (Å²) in [4.78, 5) is 16.2. The van der Waals surface area contributed by atoms with Crippen molar-refractivity contribution in [3.63, 3.8) is 0 Å². The molecule has 0 bridgehead atoms. The van der Waals surface area contributed by atoms with Crippen molar-refractivity contribution in [1.29, 1.82) is 0 Å². The van der Waals surface area contributed by atoms with Crippen molar-refractivity contribution in [1.82, 2.24) is 9.80 Å². The van der Waals surface area contributed by atoms with Crippen LogP contribution in [0.15, 0.2) is 46.6 Å². The van der Waals surface area contributed by atoms with Crippen LogP contribution in [0.3, 0.4) is 0 Å². The van der Waals surface area contributed by atoms with E-state index in [1.807, 2.05) is 35.2 Å². The van der Waals surface area contributed by atoms with Crippen LogP contribution in [-0.4, -0.2) is 72.7 Å². The van der Waals surface area contributed by atoms with Crippen LogP contribution in [0.25, 0.3) is 0 Å². The third-order valence-corrected chi connectivity index (χ3v) is 6.69. The third-order valence-electron chi connectivity index (χ3n) is 6.69. The van der Waals surface area contributed by atoms with Crippen LogP contribution in [0.1, 0.15) is 42.6 Å². The Morgan fingerprint density at radius 1 is 1.05 bits per heavy atom. The van der Waals surface area contributed by atoms with E-state index < -0.39 is 12.3 Å². The van der Waals surface area contributed by atoms with Crippen LogP contribution in [0.5, 0.6) is 17.2 Å². The van der Waals surface area contributed by atoms with Gasteiger partial charge in [0.25, 0.3) is 0 Å². The minimum absolute atomic E-state index is 0.102. The SMILES string of the molecule is CCOC(=O)Oc1cc2c(cc1OC(CO)c1ccc(OC3CCN(C=NN)CC3)cc1)CN(C=NN)CC2. The molecule has 2 aliphatic rings. The quantitative estimate of drug-likeness (QED) is 0.102. The molecule has 2 aromatic carbocycles. The van der Waals surface area contributed by atoms with Crippen LogP contribution in [-0.2, 0) is 17.7 Å². The summed E-state index contributed by atoms with van der Waals surface area (Å²) in [7, 11) is 0. The molecule has 12 heteroatoms. The largest absolute Gasteiger partial charge is 0.513 e. The molecule has 39 heavy (non-hydrogen) atoms. The Hall–Kier alpha value is -4.19. The van der Waals surface area contributed by atoms with E-state index in [0.29, 0.717) is 18.7 Å². The van der Waals surface area contributed by atoms with Gasteiger partial charge < -0.3 is 45.5 Å². The van der Waals surface area contributed by atoms with Gasteiger partial charge in [-0.15, -0.1) is 0 Å². The molecule has 1 atom stereocenters. The molecule has 1 unspecified atom stereocenters. The summed E-state index contributed by atoms with van der Waals surface area (Å²) in [6.07, 6.45) is 4.26. The number of hydrogen-bond acceptors (Lipinski definition) is 10. The van der Waals surface area contributed by atoms with Gasteiger partial charge in [0.05, 0.1) is 13.2 Å². The van der Waals surface area contributed by atoms with E-state index in [9.17, 15) is 9.90 Å². The highest BCUT2D eigenvalue weighted by atomic mass is 16.7. The second-order valence-corrected chi connectivity index (χ2v) is 9.31. The number of aliphatic hydroxyl groups excluding tert-OH is 1. The Labute approximate surface area is 227 Å². The average molecular weight is 541 g/mol. The Morgan fingerprint density at radius 2 is 1.74 bits per heavy atom. The molecule has 2 heterocycles. The first-order valence-corrected chi connectivity index (χ1v) is 13.0. The smallest absolute Gasteiger partial charge is 0.490 e. The molecule has 210 valence electrons. The normalized spacial score (nSPS) is 16.8. The number of ether oxygens (including phenoxy) is 4. The second kappa shape index (κ2) is 13.6.